The van der Waals surface area contributed by atoms with Crippen LogP contribution < -0.4 is 15.4 Å². The van der Waals surface area contributed by atoms with E-state index in [-0.39, 0.29) is 23.7 Å². The maximum absolute atomic E-state index is 13.6. The van der Waals surface area contributed by atoms with E-state index in [1.165, 1.54) is 0 Å². The van der Waals surface area contributed by atoms with Gasteiger partial charge in [-0.25, -0.2) is 0 Å². The molecule has 3 atom stereocenters. The van der Waals surface area contributed by atoms with Crippen LogP contribution in [0.2, 0.25) is 0 Å². The number of carbonyl (C=O) groups excluding carboxylic acids is 3. The Bertz CT molecular complexity index is 1100. The van der Waals surface area contributed by atoms with Crippen LogP contribution in [0.3, 0.4) is 0 Å². The Hall–Kier alpha value is -3.29. The number of nitrogens with two attached hydrogens (primary N) is 1. The number of primary amides is 1. The first-order valence-corrected chi connectivity index (χ1v) is 11.4. The van der Waals surface area contributed by atoms with Crippen molar-refractivity contribution >= 4 is 28.9 Å². The fourth-order valence-corrected chi connectivity index (χ4v) is 5.48. The van der Waals surface area contributed by atoms with Crippen molar-refractivity contribution in [1.29, 1.82) is 0 Å². The van der Waals surface area contributed by atoms with Crippen LogP contribution in [0.5, 0.6) is 5.75 Å². The number of carbonyl (C=O) groups is 3. The molecule has 176 valence electrons. The van der Waals surface area contributed by atoms with Crippen LogP contribution in [-0.4, -0.2) is 48.4 Å². The number of allylic oxidation sites excluding steroid dienone is 2. The lowest BCUT2D eigenvalue weighted by atomic mass is 9.61. The monoisotopic (exact) mass is 454 g/mol. The molecule has 0 aromatic heterocycles. The molecule has 3 aliphatic carbocycles. The van der Waals surface area contributed by atoms with Crippen LogP contribution in [0, 0.1) is 17.8 Å². The van der Waals surface area contributed by atoms with Crippen molar-refractivity contribution in [3.05, 3.63) is 40.2 Å². The highest BCUT2D eigenvalue weighted by molar-refractivity contribution is 6.21. The lowest BCUT2D eigenvalue weighted by molar-refractivity contribution is -0.127. The molecular formula is C25H30N2O6. The van der Waals surface area contributed by atoms with E-state index in [9.17, 15) is 24.6 Å². The smallest absolute Gasteiger partial charge is 0.255 e. The van der Waals surface area contributed by atoms with Crippen LogP contribution in [0.25, 0.3) is 5.76 Å². The third-order valence-corrected chi connectivity index (χ3v) is 6.97. The number of hydrogen-bond donors (Lipinski definition) is 3. The minimum absolute atomic E-state index is 0.0309. The maximum atomic E-state index is 13.6. The molecule has 33 heavy (non-hydrogen) atoms. The normalized spacial score (nSPS) is 24.3. The van der Waals surface area contributed by atoms with Crippen molar-refractivity contribution in [2.45, 2.75) is 39.0 Å². The van der Waals surface area contributed by atoms with Crippen LogP contribution >= 0.6 is 0 Å². The van der Waals surface area contributed by atoms with E-state index in [2.05, 4.69) is 6.92 Å². The highest BCUT2D eigenvalue weighted by atomic mass is 16.5. The molecule has 4 rings (SSSR count). The first-order chi connectivity index (χ1) is 15.7. The topological polar surface area (TPSA) is 130 Å². The number of nitrogens with zero attached hydrogens (tertiary/aromatic N) is 1. The Morgan fingerprint density at radius 2 is 1.94 bits per heavy atom. The zero-order valence-electron chi connectivity index (χ0n) is 19.2. The van der Waals surface area contributed by atoms with Gasteiger partial charge in [-0.1, -0.05) is 13.3 Å². The second kappa shape index (κ2) is 8.57. The van der Waals surface area contributed by atoms with E-state index in [1.54, 1.807) is 6.07 Å². The van der Waals surface area contributed by atoms with E-state index < -0.39 is 40.6 Å². The number of Topliss-reactive ketones (excluding diaryl/α,β-unsaturated/α-hetero) is 2. The van der Waals surface area contributed by atoms with Gasteiger partial charge in [-0.15, -0.1) is 0 Å². The van der Waals surface area contributed by atoms with Crippen molar-refractivity contribution in [3.63, 3.8) is 0 Å². The van der Waals surface area contributed by atoms with Crippen LogP contribution in [-0.2, 0) is 20.8 Å². The number of aliphatic hydroxyl groups is 2. The molecule has 8 nitrogen and oxygen atoms in total. The number of ketones is 2. The van der Waals surface area contributed by atoms with Gasteiger partial charge in [-0.2, -0.15) is 0 Å². The summed E-state index contributed by atoms with van der Waals surface area (Å²) in [5.41, 5.74) is 7.33. The average molecular weight is 455 g/mol. The predicted octanol–water partition coefficient (Wildman–Crippen LogP) is 2.85. The molecule has 1 fully saturated rings. The van der Waals surface area contributed by atoms with Crippen molar-refractivity contribution in [2.24, 2.45) is 23.5 Å². The van der Waals surface area contributed by atoms with Gasteiger partial charge in [0.15, 0.2) is 11.6 Å². The quantitative estimate of drug-likeness (QED) is 0.445. The van der Waals surface area contributed by atoms with Crippen LogP contribution in [0.15, 0.2) is 29.0 Å². The Labute approximate surface area is 192 Å². The van der Waals surface area contributed by atoms with Crippen molar-refractivity contribution < 1.29 is 29.3 Å². The maximum Gasteiger partial charge on any atom is 0.255 e. The summed E-state index contributed by atoms with van der Waals surface area (Å²) < 4.78 is 5.97. The largest absolute Gasteiger partial charge is 0.511 e. The third-order valence-electron chi connectivity index (χ3n) is 6.97. The number of anilines is 1. The minimum atomic E-state index is -1.05. The van der Waals surface area contributed by atoms with E-state index >= 15 is 0 Å². The molecule has 3 aliphatic rings. The number of benzene rings is 1. The van der Waals surface area contributed by atoms with Gasteiger partial charge in [0.1, 0.15) is 22.8 Å². The SMILES string of the molecule is CCCCOc1ccc(N(C)C)c2c1C(O)=C1C(=O)C3C(O)=C(C(N)=O)C(=O)CC3CC1C2. The highest BCUT2D eigenvalue weighted by Crippen LogP contribution is 2.51. The summed E-state index contributed by atoms with van der Waals surface area (Å²) in [6, 6.07) is 3.75. The molecule has 0 saturated heterocycles. The summed E-state index contributed by atoms with van der Waals surface area (Å²) in [5.74, 6) is -4.04. The minimum Gasteiger partial charge on any atom is -0.511 e. The van der Waals surface area contributed by atoms with E-state index in [1.807, 2.05) is 25.1 Å². The van der Waals surface area contributed by atoms with E-state index in [0.29, 0.717) is 30.8 Å². The lowest BCUT2D eigenvalue weighted by Crippen LogP contribution is -2.44. The number of unbranched alkanes of at least 4 members (excludes halogenated alkanes) is 1. The Kier molecular flexibility index (Phi) is 5.95. The molecule has 3 unspecified atom stereocenters. The Balaban J connectivity index is 1.85. The van der Waals surface area contributed by atoms with Gasteiger partial charge in [0.25, 0.3) is 5.91 Å². The van der Waals surface area contributed by atoms with Crippen molar-refractivity contribution in [3.8, 4) is 5.75 Å². The molecule has 4 N–H and O–H groups in total. The number of aliphatic hydroxyl groups excluding tert-OH is 2. The summed E-state index contributed by atoms with van der Waals surface area (Å²) in [4.78, 5) is 39.7. The second-order valence-corrected chi connectivity index (χ2v) is 9.29. The van der Waals surface area contributed by atoms with Crippen LogP contribution in [0.1, 0.15) is 43.7 Å². The summed E-state index contributed by atoms with van der Waals surface area (Å²) in [6.07, 6.45) is 2.72. The number of hydrogen-bond acceptors (Lipinski definition) is 7. The van der Waals surface area contributed by atoms with Gasteiger partial charge in [-0.05, 0) is 48.8 Å². The van der Waals surface area contributed by atoms with Gasteiger partial charge in [0.05, 0.1) is 18.1 Å². The molecule has 0 aliphatic heterocycles. The molecular weight excluding hydrogens is 424 g/mol. The molecule has 0 bridgehead atoms. The van der Waals surface area contributed by atoms with Gasteiger partial charge in [0, 0.05) is 31.8 Å². The summed E-state index contributed by atoms with van der Waals surface area (Å²) in [7, 11) is 3.83. The Morgan fingerprint density at radius 1 is 1.21 bits per heavy atom. The summed E-state index contributed by atoms with van der Waals surface area (Å²) in [5, 5.41) is 22.0. The van der Waals surface area contributed by atoms with Gasteiger partial charge < -0.3 is 25.6 Å². The number of rotatable bonds is 6. The average Bonchev–Trinajstić information content (AvgIpc) is 2.72. The molecule has 1 saturated carbocycles. The van der Waals surface area contributed by atoms with Crippen molar-refractivity contribution in [2.75, 3.05) is 25.6 Å². The predicted molar refractivity (Wildman–Crippen MR) is 123 cm³/mol. The molecule has 0 radical (unpaired) electrons. The van der Waals surface area contributed by atoms with Gasteiger partial charge in [0.2, 0.25) is 0 Å². The van der Waals surface area contributed by atoms with E-state index in [0.717, 1.165) is 24.1 Å². The standard InChI is InChI=1S/C25H30N2O6/c1-4-5-8-33-17-7-6-15(27(2)3)14-10-12-9-13-11-16(28)21(25(26)32)24(31)19(13)22(29)18(12)23(30)20(14)17/h6-7,12-13,19,30-31H,4-5,8-11H2,1-3H3,(H2,26,32). The first-order valence-electron chi connectivity index (χ1n) is 11.4. The zero-order valence-corrected chi connectivity index (χ0v) is 19.2. The number of ether oxygens (including phenoxy) is 1. The molecule has 1 aromatic carbocycles. The van der Waals surface area contributed by atoms with Gasteiger partial charge in [-0.3, -0.25) is 14.4 Å². The highest BCUT2D eigenvalue weighted by Gasteiger charge is 2.51. The summed E-state index contributed by atoms with van der Waals surface area (Å²) in [6.45, 7) is 2.55. The molecule has 1 amide bonds. The Morgan fingerprint density at radius 3 is 2.58 bits per heavy atom. The molecule has 8 heteroatoms. The van der Waals surface area contributed by atoms with E-state index in [4.69, 9.17) is 10.5 Å². The first kappa shape index (κ1) is 22.9. The number of amides is 1. The third kappa shape index (κ3) is 3.67. The molecule has 0 spiro atoms. The zero-order chi connectivity index (χ0) is 24.0. The van der Waals surface area contributed by atoms with Crippen LogP contribution in [0.4, 0.5) is 5.69 Å². The molecule has 0 heterocycles. The second-order valence-electron chi connectivity index (χ2n) is 9.29. The lowest BCUT2D eigenvalue weighted by Gasteiger charge is -2.41. The summed E-state index contributed by atoms with van der Waals surface area (Å²) >= 11 is 0. The van der Waals surface area contributed by atoms with Gasteiger partial charge >= 0.3 is 0 Å². The fraction of sp³-hybridized carbons (Fsp3) is 0.480. The van der Waals surface area contributed by atoms with Crippen molar-refractivity contribution in [1.82, 2.24) is 0 Å². The fourth-order valence-electron chi connectivity index (χ4n) is 5.48. The number of fused-ring (bicyclic) bond motifs is 3. The molecule has 1 aromatic rings.